The summed E-state index contributed by atoms with van der Waals surface area (Å²) in [6.45, 7) is 1.30. The first-order valence-electron chi connectivity index (χ1n) is 8.20. The molecule has 3 rings (SSSR count). The van der Waals surface area contributed by atoms with Crippen LogP contribution in [0.5, 0.6) is 11.5 Å². The van der Waals surface area contributed by atoms with E-state index in [0.717, 1.165) is 5.56 Å². The van der Waals surface area contributed by atoms with Gasteiger partial charge in [0.25, 0.3) is 5.91 Å². The molecule has 1 N–H and O–H groups in total. The number of nitrogens with zero attached hydrogens (tertiary/aromatic N) is 2. The lowest BCUT2D eigenvalue weighted by Gasteiger charge is -2.17. The number of carboxylic acids is 1. The van der Waals surface area contributed by atoms with Crippen LogP contribution in [0, 0.1) is 6.92 Å². The smallest absolute Gasteiger partial charge is 0.343 e. The molecule has 1 fully saturated rings. The molecule has 2 heterocycles. The van der Waals surface area contributed by atoms with Gasteiger partial charge in [0.05, 0.1) is 26.5 Å². The van der Waals surface area contributed by atoms with E-state index in [9.17, 15) is 14.0 Å². The molecule has 1 aliphatic heterocycles. The predicted octanol–water partition coefficient (Wildman–Crippen LogP) is 2.77. The van der Waals surface area contributed by atoms with Gasteiger partial charge in [0.1, 0.15) is 9.88 Å². The molecule has 1 aromatic heterocycles. The number of alkyl halides is 1. The number of aromatic nitrogens is 1. The summed E-state index contributed by atoms with van der Waals surface area (Å²) < 4.78 is 24.8. The van der Waals surface area contributed by atoms with Gasteiger partial charge in [0.2, 0.25) is 5.67 Å². The lowest BCUT2D eigenvalue weighted by molar-refractivity contribution is -0.149. The lowest BCUT2D eigenvalue weighted by atomic mass is 10.1. The Labute approximate surface area is 159 Å². The molecule has 1 unspecified atom stereocenters. The normalized spacial score (nSPS) is 19.2. The number of thiazole rings is 1. The van der Waals surface area contributed by atoms with E-state index < -0.39 is 24.1 Å². The summed E-state index contributed by atoms with van der Waals surface area (Å²) in [6, 6.07) is 5.32. The molecule has 9 heteroatoms. The highest BCUT2D eigenvalue weighted by atomic mass is 32.1. The predicted molar refractivity (Wildman–Crippen MR) is 97.4 cm³/mol. The first kappa shape index (κ1) is 19.1. The number of amides is 1. The van der Waals surface area contributed by atoms with Crippen LogP contribution in [0.2, 0.25) is 0 Å². The number of hydrogen-bond donors (Lipinski definition) is 1. The lowest BCUT2D eigenvalue weighted by Crippen LogP contribution is -2.38. The van der Waals surface area contributed by atoms with E-state index in [1.807, 2.05) is 0 Å². The highest BCUT2D eigenvalue weighted by Crippen LogP contribution is 2.36. The van der Waals surface area contributed by atoms with Gasteiger partial charge in [-0.25, -0.2) is 14.2 Å². The van der Waals surface area contributed by atoms with Crippen LogP contribution in [-0.4, -0.2) is 59.8 Å². The minimum absolute atomic E-state index is 0.0602. The van der Waals surface area contributed by atoms with Crippen molar-refractivity contribution in [2.45, 2.75) is 19.0 Å². The minimum Gasteiger partial charge on any atom is -0.493 e. The first-order valence-corrected chi connectivity index (χ1v) is 9.02. The second-order valence-electron chi connectivity index (χ2n) is 6.25. The zero-order valence-corrected chi connectivity index (χ0v) is 15.9. The van der Waals surface area contributed by atoms with Gasteiger partial charge in [-0.2, -0.15) is 0 Å². The number of carbonyl (C=O) groups is 2. The van der Waals surface area contributed by atoms with Crippen molar-refractivity contribution in [2.75, 3.05) is 27.3 Å². The second-order valence-corrected chi connectivity index (χ2v) is 7.25. The first-order chi connectivity index (χ1) is 12.8. The average molecular weight is 394 g/mol. The Balaban J connectivity index is 1.87. The van der Waals surface area contributed by atoms with Crippen LogP contribution in [0.1, 0.15) is 21.8 Å². The number of benzene rings is 1. The van der Waals surface area contributed by atoms with Crippen molar-refractivity contribution in [2.24, 2.45) is 0 Å². The summed E-state index contributed by atoms with van der Waals surface area (Å²) in [5.41, 5.74) is -1.12. The highest BCUT2D eigenvalue weighted by molar-refractivity contribution is 7.17. The van der Waals surface area contributed by atoms with Crippen LogP contribution in [0.4, 0.5) is 4.39 Å². The van der Waals surface area contributed by atoms with Crippen molar-refractivity contribution in [1.82, 2.24) is 9.88 Å². The fourth-order valence-corrected chi connectivity index (χ4v) is 3.98. The minimum atomic E-state index is -2.39. The fourth-order valence-electron chi connectivity index (χ4n) is 2.95. The van der Waals surface area contributed by atoms with Crippen molar-refractivity contribution in [3.8, 4) is 22.1 Å². The number of carboxylic acid groups (broad SMARTS) is 1. The molecule has 1 amide bonds. The Kier molecular flexibility index (Phi) is 5.05. The number of hydrogen-bond acceptors (Lipinski definition) is 6. The molecule has 0 saturated carbocycles. The standard InChI is InChI=1S/C18H19FN2O5S/c1-10-14(16(22)21-7-6-18(19,9-21)17(23)24)27-15(20-10)11-4-5-12(25-2)13(8-11)26-3/h4-5,8H,6-7,9H2,1-3H3,(H,23,24). The van der Waals surface area contributed by atoms with Gasteiger partial charge < -0.3 is 19.5 Å². The van der Waals surface area contributed by atoms with Gasteiger partial charge in [-0.1, -0.05) is 0 Å². The fraction of sp³-hybridized carbons (Fsp3) is 0.389. The average Bonchev–Trinajstić information content (AvgIpc) is 3.25. The maximum atomic E-state index is 14.3. The summed E-state index contributed by atoms with van der Waals surface area (Å²) in [4.78, 5) is 29.8. The SMILES string of the molecule is COc1ccc(-c2nc(C)c(C(=O)N3CCC(F)(C(=O)O)C3)s2)cc1OC. The number of aryl methyl sites for hydroxylation is 1. The molecular formula is C18H19FN2O5S. The van der Waals surface area contributed by atoms with Crippen LogP contribution >= 0.6 is 11.3 Å². The highest BCUT2D eigenvalue weighted by Gasteiger charge is 2.47. The largest absolute Gasteiger partial charge is 0.493 e. The summed E-state index contributed by atoms with van der Waals surface area (Å²) in [6.07, 6.45) is -0.214. The third-order valence-corrected chi connectivity index (χ3v) is 5.71. The molecule has 0 aliphatic carbocycles. The van der Waals surface area contributed by atoms with E-state index in [-0.39, 0.29) is 13.0 Å². The Morgan fingerprint density at radius 2 is 2.00 bits per heavy atom. The maximum absolute atomic E-state index is 14.3. The number of rotatable bonds is 5. The Morgan fingerprint density at radius 3 is 2.59 bits per heavy atom. The Morgan fingerprint density at radius 1 is 1.30 bits per heavy atom. The number of halogens is 1. The molecule has 1 aromatic carbocycles. The number of likely N-dealkylation sites (tertiary alicyclic amines) is 1. The van der Waals surface area contributed by atoms with Crippen LogP contribution in [0.15, 0.2) is 18.2 Å². The molecule has 144 valence electrons. The van der Waals surface area contributed by atoms with E-state index in [1.54, 1.807) is 32.2 Å². The molecular weight excluding hydrogens is 375 g/mol. The molecule has 7 nitrogen and oxygen atoms in total. The van der Waals surface area contributed by atoms with Gasteiger partial charge in [-0.3, -0.25) is 4.79 Å². The Hall–Kier alpha value is -2.68. The molecule has 27 heavy (non-hydrogen) atoms. The zero-order chi connectivity index (χ0) is 19.8. The molecule has 2 aromatic rings. The van der Waals surface area contributed by atoms with Crippen molar-refractivity contribution < 1.29 is 28.6 Å². The van der Waals surface area contributed by atoms with Crippen LogP contribution in [0.25, 0.3) is 10.6 Å². The van der Waals surface area contributed by atoms with E-state index in [2.05, 4.69) is 4.98 Å². The van der Waals surface area contributed by atoms with Crippen LogP contribution in [0.3, 0.4) is 0 Å². The summed E-state index contributed by atoms with van der Waals surface area (Å²) >= 11 is 1.18. The van der Waals surface area contributed by atoms with Gasteiger partial charge >= 0.3 is 5.97 Å². The van der Waals surface area contributed by atoms with Gasteiger partial charge in [0.15, 0.2) is 11.5 Å². The van der Waals surface area contributed by atoms with Gasteiger partial charge in [-0.15, -0.1) is 11.3 Å². The van der Waals surface area contributed by atoms with E-state index in [0.29, 0.717) is 27.1 Å². The molecule has 1 saturated heterocycles. The zero-order valence-electron chi connectivity index (χ0n) is 15.1. The second kappa shape index (κ2) is 7.15. The van der Waals surface area contributed by atoms with E-state index in [4.69, 9.17) is 14.6 Å². The molecule has 0 radical (unpaired) electrons. The molecule has 1 aliphatic rings. The monoisotopic (exact) mass is 394 g/mol. The van der Waals surface area contributed by atoms with Crippen molar-refractivity contribution in [3.05, 3.63) is 28.8 Å². The van der Waals surface area contributed by atoms with E-state index >= 15 is 0 Å². The number of methoxy groups -OCH3 is 2. The van der Waals surface area contributed by atoms with Crippen LogP contribution in [-0.2, 0) is 4.79 Å². The van der Waals surface area contributed by atoms with Gasteiger partial charge in [-0.05, 0) is 25.1 Å². The quantitative estimate of drug-likeness (QED) is 0.839. The van der Waals surface area contributed by atoms with E-state index in [1.165, 1.54) is 23.3 Å². The summed E-state index contributed by atoms with van der Waals surface area (Å²) in [7, 11) is 3.07. The summed E-state index contributed by atoms with van der Waals surface area (Å²) in [5, 5.41) is 9.61. The number of carbonyl (C=O) groups excluding carboxylic acids is 1. The number of aliphatic carboxylic acids is 1. The maximum Gasteiger partial charge on any atom is 0.343 e. The Bertz CT molecular complexity index is 900. The van der Waals surface area contributed by atoms with Crippen molar-refractivity contribution in [1.29, 1.82) is 0 Å². The summed E-state index contributed by atoms with van der Waals surface area (Å²) in [5.74, 6) is -0.822. The number of ether oxygens (including phenoxy) is 2. The molecule has 0 bridgehead atoms. The molecule has 1 atom stereocenters. The van der Waals surface area contributed by atoms with Crippen molar-refractivity contribution >= 4 is 23.2 Å². The van der Waals surface area contributed by atoms with Crippen molar-refractivity contribution in [3.63, 3.8) is 0 Å². The molecule has 0 spiro atoms. The third kappa shape index (κ3) is 3.46. The van der Waals surface area contributed by atoms with Crippen LogP contribution < -0.4 is 9.47 Å². The third-order valence-electron chi connectivity index (χ3n) is 4.51. The van der Waals surface area contributed by atoms with Gasteiger partial charge in [0, 0.05) is 18.5 Å². The topological polar surface area (TPSA) is 89.0 Å².